The molecule has 0 saturated heterocycles. The van der Waals surface area contributed by atoms with Crippen LogP contribution in [0.25, 0.3) is 0 Å². The molecule has 0 aliphatic heterocycles. The number of nitrogens with two attached hydrogens (primary N) is 1. The van der Waals surface area contributed by atoms with Crippen molar-refractivity contribution in [1.82, 2.24) is 4.90 Å². The molecule has 0 aromatic heterocycles. The minimum atomic E-state index is 0.396. The van der Waals surface area contributed by atoms with E-state index in [1.54, 1.807) is 0 Å². The van der Waals surface area contributed by atoms with E-state index in [4.69, 9.17) is 5.73 Å². The molecule has 98 valence electrons. The fraction of sp³-hybridized carbons (Fsp3) is 1.00. The predicted molar refractivity (Wildman–Crippen MR) is 71.8 cm³/mol. The summed E-state index contributed by atoms with van der Waals surface area (Å²) in [6.07, 6.45) is 10.2. The zero-order chi connectivity index (χ0) is 11.9. The summed E-state index contributed by atoms with van der Waals surface area (Å²) in [5.41, 5.74) is 6.62. The van der Waals surface area contributed by atoms with Gasteiger partial charge in [-0.05, 0) is 56.4 Å². The average Bonchev–Trinajstić information content (AvgIpc) is 2.88. The van der Waals surface area contributed by atoms with Gasteiger partial charge in [0.1, 0.15) is 0 Å². The summed E-state index contributed by atoms with van der Waals surface area (Å²) in [6, 6.07) is 0. The lowest BCUT2D eigenvalue weighted by molar-refractivity contribution is 0.0214. The molecule has 0 radical (unpaired) electrons. The molecule has 2 heteroatoms. The van der Waals surface area contributed by atoms with E-state index in [-0.39, 0.29) is 0 Å². The third kappa shape index (κ3) is 1.84. The van der Waals surface area contributed by atoms with Gasteiger partial charge in [-0.1, -0.05) is 19.8 Å². The van der Waals surface area contributed by atoms with Gasteiger partial charge in [-0.25, -0.2) is 0 Å². The van der Waals surface area contributed by atoms with Crippen molar-refractivity contribution in [1.29, 1.82) is 0 Å². The summed E-state index contributed by atoms with van der Waals surface area (Å²) in [4.78, 5) is 2.78. The maximum absolute atomic E-state index is 6.23. The summed E-state index contributed by atoms with van der Waals surface area (Å²) in [6.45, 7) is 5.77. The van der Waals surface area contributed by atoms with Gasteiger partial charge < -0.3 is 5.73 Å². The largest absolute Gasteiger partial charge is 0.329 e. The molecule has 0 aromatic carbocycles. The standard InChI is InChI=1S/C15H28N2/c1-2-17(10-12-4-3-5-12)15(11-16)9-13-6-7-14(15)8-13/h12-14H,2-11,16H2,1H3. The molecule has 17 heavy (non-hydrogen) atoms. The zero-order valence-corrected chi connectivity index (χ0v) is 11.3. The highest BCUT2D eigenvalue weighted by Crippen LogP contribution is 2.53. The smallest absolute Gasteiger partial charge is 0.0362 e. The van der Waals surface area contributed by atoms with Crippen molar-refractivity contribution in [2.24, 2.45) is 23.5 Å². The van der Waals surface area contributed by atoms with Crippen LogP contribution in [0.5, 0.6) is 0 Å². The lowest BCUT2D eigenvalue weighted by atomic mass is 9.77. The van der Waals surface area contributed by atoms with Gasteiger partial charge in [0, 0.05) is 18.6 Å². The Balaban J connectivity index is 1.73. The molecule has 3 aliphatic rings. The predicted octanol–water partition coefficient (Wildman–Crippen LogP) is 2.63. The molecule has 0 spiro atoms. The molecule has 3 atom stereocenters. The molecule has 0 amide bonds. The first-order chi connectivity index (χ1) is 8.28. The number of hydrogen-bond donors (Lipinski definition) is 1. The molecular formula is C15H28N2. The molecule has 0 aromatic rings. The Bertz CT molecular complexity index is 274. The maximum atomic E-state index is 6.23. The molecule has 0 heterocycles. The summed E-state index contributed by atoms with van der Waals surface area (Å²) in [7, 11) is 0. The number of hydrogen-bond acceptors (Lipinski definition) is 2. The van der Waals surface area contributed by atoms with Crippen LogP contribution in [-0.2, 0) is 0 Å². The van der Waals surface area contributed by atoms with Crippen LogP contribution in [-0.4, -0.2) is 30.1 Å². The van der Waals surface area contributed by atoms with E-state index >= 15 is 0 Å². The first-order valence-electron chi connectivity index (χ1n) is 7.73. The van der Waals surface area contributed by atoms with E-state index in [9.17, 15) is 0 Å². The zero-order valence-electron chi connectivity index (χ0n) is 11.3. The molecule has 2 bridgehead atoms. The maximum Gasteiger partial charge on any atom is 0.0362 e. The molecule has 3 aliphatic carbocycles. The van der Waals surface area contributed by atoms with Crippen molar-refractivity contribution in [3.63, 3.8) is 0 Å². The summed E-state index contributed by atoms with van der Waals surface area (Å²) < 4.78 is 0. The van der Waals surface area contributed by atoms with E-state index in [0.29, 0.717) is 5.54 Å². The lowest BCUT2D eigenvalue weighted by Gasteiger charge is -2.48. The summed E-state index contributed by atoms with van der Waals surface area (Å²) in [5, 5.41) is 0. The van der Waals surface area contributed by atoms with E-state index in [2.05, 4.69) is 11.8 Å². The number of fused-ring (bicyclic) bond motifs is 2. The van der Waals surface area contributed by atoms with Gasteiger partial charge >= 0.3 is 0 Å². The lowest BCUT2D eigenvalue weighted by Crippen LogP contribution is -2.58. The van der Waals surface area contributed by atoms with Gasteiger partial charge in [-0.2, -0.15) is 0 Å². The van der Waals surface area contributed by atoms with Crippen molar-refractivity contribution in [2.75, 3.05) is 19.6 Å². The van der Waals surface area contributed by atoms with Gasteiger partial charge in [-0.15, -0.1) is 0 Å². The third-order valence-corrected chi connectivity index (χ3v) is 6.01. The van der Waals surface area contributed by atoms with Gasteiger partial charge in [0.25, 0.3) is 0 Å². The second-order valence-corrected chi connectivity index (χ2v) is 6.72. The van der Waals surface area contributed by atoms with Gasteiger partial charge in [0.2, 0.25) is 0 Å². The fourth-order valence-electron chi connectivity index (χ4n) is 4.79. The number of nitrogens with zero attached hydrogens (tertiary/aromatic N) is 1. The molecular weight excluding hydrogens is 208 g/mol. The van der Waals surface area contributed by atoms with Crippen LogP contribution in [0.3, 0.4) is 0 Å². The minimum absolute atomic E-state index is 0.396. The average molecular weight is 236 g/mol. The topological polar surface area (TPSA) is 29.3 Å². The van der Waals surface area contributed by atoms with Crippen LogP contribution < -0.4 is 5.73 Å². The van der Waals surface area contributed by atoms with Crippen LogP contribution in [0.15, 0.2) is 0 Å². The molecule has 2 N–H and O–H groups in total. The second kappa shape index (κ2) is 4.55. The first-order valence-corrected chi connectivity index (χ1v) is 7.73. The van der Waals surface area contributed by atoms with Crippen LogP contribution in [0, 0.1) is 17.8 Å². The van der Waals surface area contributed by atoms with Gasteiger partial charge in [-0.3, -0.25) is 4.90 Å². The minimum Gasteiger partial charge on any atom is -0.329 e. The van der Waals surface area contributed by atoms with E-state index < -0.39 is 0 Å². The summed E-state index contributed by atoms with van der Waals surface area (Å²) >= 11 is 0. The fourth-order valence-corrected chi connectivity index (χ4v) is 4.79. The highest BCUT2D eigenvalue weighted by molar-refractivity contribution is 5.08. The van der Waals surface area contributed by atoms with Crippen molar-refractivity contribution >= 4 is 0 Å². The molecule has 3 saturated carbocycles. The summed E-state index contributed by atoms with van der Waals surface area (Å²) in [5.74, 6) is 2.90. The van der Waals surface area contributed by atoms with Crippen LogP contribution in [0.4, 0.5) is 0 Å². The molecule has 3 unspecified atom stereocenters. The first kappa shape index (κ1) is 12.0. The van der Waals surface area contributed by atoms with Gasteiger partial charge in [0.15, 0.2) is 0 Å². The Kier molecular flexibility index (Phi) is 3.20. The third-order valence-electron chi connectivity index (χ3n) is 6.01. The van der Waals surface area contributed by atoms with Crippen LogP contribution in [0.2, 0.25) is 0 Å². The molecule has 3 rings (SSSR count). The van der Waals surface area contributed by atoms with E-state index in [0.717, 1.165) is 24.3 Å². The highest BCUT2D eigenvalue weighted by Gasteiger charge is 2.53. The highest BCUT2D eigenvalue weighted by atomic mass is 15.2. The Labute approximate surface area is 106 Å². The Hall–Kier alpha value is -0.0800. The quantitative estimate of drug-likeness (QED) is 0.795. The monoisotopic (exact) mass is 236 g/mol. The Morgan fingerprint density at radius 2 is 2.06 bits per heavy atom. The number of rotatable bonds is 5. The molecule has 2 nitrogen and oxygen atoms in total. The Morgan fingerprint density at radius 1 is 1.24 bits per heavy atom. The van der Waals surface area contributed by atoms with E-state index in [1.807, 2.05) is 0 Å². The van der Waals surface area contributed by atoms with Crippen molar-refractivity contribution in [2.45, 2.75) is 57.4 Å². The normalized spacial score (nSPS) is 41.1. The van der Waals surface area contributed by atoms with E-state index in [1.165, 1.54) is 58.0 Å². The van der Waals surface area contributed by atoms with Crippen molar-refractivity contribution in [3.05, 3.63) is 0 Å². The van der Waals surface area contributed by atoms with Crippen molar-refractivity contribution < 1.29 is 0 Å². The number of likely N-dealkylation sites (N-methyl/N-ethyl adjacent to an activating group) is 1. The Morgan fingerprint density at radius 3 is 2.47 bits per heavy atom. The van der Waals surface area contributed by atoms with Crippen LogP contribution in [0.1, 0.15) is 51.9 Å². The van der Waals surface area contributed by atoms with Crippen molar-refractivity contribution in [3.8, 4) is 0 Å². The SMILES string of the molecule is CCN(CC1CCC1)C1(CN)CC2CCC1C2. The van der Waals surface area contributed by atoms with Crippen LogP contribution >= 0.6 is 0 Å². The molecule has 3 fully saturated rings. The van der Waals surface area contributed by atoms with Gasteiger partial charge in [0.05, 0.1) is 0 Å². The second-order valence-electron chi connectivity index (χ2n) is 6.72.